The molecule has 13 nitrogen and oxygen atoms in total. The summed E-state index contributed by atoms with van der Waals surface area (Å²) in [5.41, 5.74) is 0. The summed E-state index contributed by atoms with van der Waals surface area (Å²) in [6.45, 7) is 7.30. The van der Waals surface area contributed by atoms with Crippen LogP contribution in [0.2, 0.25) is 0 Å². The molecule has 1 saturated heterocycles. The van der Waals surface area contributed by atoms with Crippen molar-refractivity contribution in [3.05, 3.63) is 11.5 Å². The van der Waals surface area contributed by atoms with Crippen LogP contribution in [0, 0.1) is 11.8 Å². The van der Waals surface area contributed by atoms with Gasteiger partial charge in [0.1, 0.15) is 37.1 Å². The summed E-state index contributed by atoms with van der Waals surface area (Å²) < 4.78 is 19.6. The van der Waals surface area contributed by atoms with Gasteiger partial charge >= 0.3 is 11.9 Å². The molecule has 0 aromatic rings. The van der Waals surface area contributed by atoms with E-state index in [-0.39, 0.29) is 19.4 Å². The number of esters is 2. The molecule has 0 aromatic carbocycles. The lowest BCUT2D eigenvalue weighted by Gasteiger charge is -2.37. The second-order valence-electron chi connectivity index (χ2n) is 8.79. The van der Waals surface area contributed by atoms with E-state index in [0.717, 1.165) is 5.92 Å². The third-order valence-corrected chi connectivity index (χ3v) is 4.69. The summed E-state index contributed by atoms with van der Waals surface area (Å²) in [5.74, 6) is -2.61. The van der Waals surface area contributed by atoms with Crippen LogP contribution in [0.3, 0.4) is 0 Å². The summed E-state index contributed by atoms with van der Waals surface area (Å²) in [5, 5.41) is 66.4. The van der Waals surface area contributed by atoms with Gasteiger partial charge in [0.05, 0.1) is 19.4 Å². The topological polar surface area (TPSA) is 213 Å². The van der Waals surface area contributed by atoms with Gasteiger partial charge in [-0.25, -0.2) is 0 Å². The quantitative estimate of drug-likeness (QED) is 0.201. The smallest absolute Gasteiger partial charge is 0.306 e. The van der Waals surface area contributed by atoms with Crippen molar-refractivity contribution in [2.45, 2.75) is 83.6 Å². The number of aliphatic hydroxyl groups is 7. The van der Waals surface area contributed by atoms with Gasteiger partial charge < -0.3 is 54.7 Å². The number of rotatable bonds is 8. The Morgan fingerprint density at radius 1 is 0.824 bits per heavy atom. The van der Waals surface area contributed by atoms with E-state index in [1.807, 2.05) is 0 Å². The molecule has 34 heavy (non-hydrogen) atoms. The maximum absolute atomic E-state index is 11.8. The fourth-order valence-electron chi connectivity index (χ4n) is 2.85. The Bertz CT molecular complexity index is 691. The summed E-state index contributed by atoms with van der Waals surface area (Å²) in [7, 11) is 0. The molecule has 0 amide bonds. The zero-order chi connectivity index (χ0) is 26.2. The highest BCUT2D eigenvalue weighted by Crippen LogP contribution is 2.27. The van der Waals surface area contributed by atoms with E-state index in [1.165, 1.54) is 0 Å². The Morgan fingerprint density at radius 3 is 1.85 bits per heavy atom. The molecule has 1 fully saturated rings. The SMILES string of the molecule is CC(C)C.CC(COC(=O)CCC(=O)OCC1OC(O)C(O)C(O)C1O)C1OC(O)C(O)=C1O. The predicted molar refractivity (Wildman–Crippen MR) is 113 cm³/mol. The van der Waals surface area contributed by atoms with Crippen molar-refractivity contribution in [2.75, 3.05) is 13.2 Å². The van der Waals surface area contributed by atoms with Crippen LogP contribution in [0.1, 0.15) is 40.5 Å². The first kappa shape index (κ1) is 30.0. The van der Waals surface area contributed by atoms with Crippen LogP contribution in [-0.2, 0) is 28.5 Å². The van der Waals surface area contributed by atoms with Gasteiger partial charge in [-0.15, -0.1) is 0 Å². The number of hydrogen-bond acceptors (Lipinski definition) is 13. The zero-order valence-electron chi connectivity index (χ0n) is 19.6. The van der Waals surface area contributed by atoms with E-state index >= 15 is 0 Å². The number of aliphatic hydroxyl groups excluding tert-OH is 7. The molecule has 2 rings (SSSR count). The second kappa shape index (κ2) is 13.8. The van der Waals surface area contributed by atoms with Crippen LogP contribution < -0.4 is 0 Å². The van der Waals surface area contributed by atoms with E-state index in [0.29, 0.717) is 0 Å². The number of hydrogen-bond donors (Lipinski definition) is 7. The highest BCUT2D eigenvalue weighted by atomic mass is 16.7. The highest BCUT2D eigenvalue weighted by Gasteiger charge is 2.43. The van der Waals surface area contributed by atoms with Gasteiger partial charge in [-0.3, -0.25) is 9.59 Å². The minimum atomic E-state index is -1.76. The van der Waals surface area contributed by atoms with Crippen molar-refractivity contribution in [3.8, 4) is 0 Å². The molecule has 7 N–H and O–H groups in total. The average Bonchev–Trinajstić information content (AvgIpc) is 3.03. The van der Waals surface area contributed by atoms with Crippen LogP contribution in [0.5, 0.6) is 0 Å². The molecule has 0 aliphatic carbocycles. The first-order valence-electron chi connectivity index (χ1n) is 10.9. The molecule has 2 aliphatic heterocycles. The van der Waals surface area contributed by atoms with E-state index < -0.39 is 79.1 Å². The van der Waals surface area contributed by atoms with Gasteiger partial charge in [0.25, 0.3) is 0 Å². The van der Waals surface area contributed by atoms with E-state index in [1.54, 1.807) is 6.92 Å². The third-order valence-electron chi connectivity index (χ3n) is 4.69. The summed E-state index contributed by atoms with van der Waals surface area (Å²) in [4.78, 5) is 23.5. The van der Waals surface area contributed by atoms with Gasteiger partial charge in [0.2, 0.25) is 6.29 Å². The van der Waals surface area contributed by atoms with Crippen molar-refractivity contribution >= 4 is 11.9 Å². The van der Waals surface area contributed by atoms with Crippen LogP contribution in [0.15, 0.2) is 11.5 Å². The first-order valence-corrected chi connectivity index (χ1v) is 10.9. The van der Waals surface area contributed by atoms with Crippen LogP contribution in [-0.4, -0.2) is 104 Å². The minimum Gasteiger partial charge on any atom is -0.506 e. The molecule has 2 aliphatic rings. The number of carbonyl (C=O) groups excluding carboxylic acids is 2. The minimum absolute atomic E-state index is 0.219. The molecular formula is C21H36O13. The van der Waals surface area contributed by atoms with Crippen LogP contribution in [0.25, 0.3) is 0 Å². The largest absolute Gasteiger partial charge is 0.506 e. The first-order chi connectivity index (χ1) is 15.8. The van der Waals surface area contributed by atoms with Crippen LogP contribution >= 0.6 is 0 Å². The van der Waals surface area contributed by atoms with E-state index in [2.05, 4.69) is 20.8 Å². The molecule has 0 bridgehead atoms. The summed E-state index contributed by atoms with van der Waals surface area (Å²) >= 11 is 0. The Morgan fingerprint density at radius 2 is 1.35 bits per heavy atom. The molecule has 8 unspecified atom stereocenters. The summed E-state index contributed by atoms with van der Waals surface area (Å²) in [6, 6.07) is 0. The Labute approximate surface area is 197 Å². The van der Waals surface area contributed by atoms with Gasteiger partial charge in [0.15, 0.2) is 17.8 Å². The lowest BCUT2D eigenvalue weighted by Crippen LogP contribution is -2.58. The lowest BCUT2D eigenvalue weighted by molar-refractivity contribution is -0.287. The van der Waals surface area contributed by atoms with Crippen molar-refractivity contribution in [3.63, 3.8) is 0 Å². The van der Waals surface area contributed by atoms with Gasteiger partial charge in [-0.2, -0.15) is 0 Å². The van der Waals surface area contributed by atoms with Gasteiger partial charge in [0, 0.05) is 5.92 Å². The van der Waals surface area contributed by atoms with E-state index in [4.69, 9.17) is 18.9 Å². The van der Waals surface area contributed by atoms with Crippen molar-refractivity contribution in [1.82, 2.24) is 0 Å². The van der Waals surface area contributed by atoms with Crippen molar-refractivity contribution in [1.29, 1.82) is 0 Å². The monoisotopic (exact) mass is 496 g/mol. The van der Waals surface area contributed by atoms with Gasteiger partial charge in [-0.05, 0) is 5.92 Å². The number of ether oxygens (including phenoxy) is 4. The Balaban J connectivity index is 0.00000133. The Hall–Kier alpha value is -2.00. The highest BCUT2D eigenvalue weighted by molar-refractivity contribution is 5.77. The molecule has 0 spiro atoms. The molecule has 198 valence electrons. The van der Waals surface area contributed by atoms with Gasteiger partial charge in [-0.1, -0.05) is 27.7 Å². The predicted octanol–water partition coefficient (Wildman–Crippen LogP) is -1.00. The normalized spacial score (nSPS) is 32.1. The lowest BCUT2D eigenvalue weighted by atomic mass is 9.99. The van der Waals surface area contributed by atoms with Crippen molar-refractivity contribution < 1.29 is 64.3 Å². The zero-order valence-corrected chi connectivity index (χ0v) is 19.6. The maximum Gasteiger partial charge on any atom is 0.306 e. The fraction of sp³-hybridized carbons (Fsp3) is 0.810. The standard InChI is InChI=1S/C17H26O13.C4H10/c1-6(15-12(22)14(24)17(26)30-15)4-27-8(18)2-3-9(19)28-5-7-10(20)11(21)13(23)16(25)29-7;1-4(2)3/h6-7,10-11,13,15-17,20-26H,2-5H2,1H3;4H,1-3H3. The third kappa shape index (κ3) is 8.98. The van der Waals surface area contributed by atoms with Crippen LogP contribution in [0.4, 0.5) is 0 Å². The molecule has 0 radical (unpaired) electrons. The second-order valence-corrected chi connectivity index (χ2v) is 8.79. The molecule has 0 saturated carbocycles. The number of carbonyl (C=O) groups is 2. The molecule has 0 aromatic heterocycles. The maximum atomic E-state index is 11.8. The Kier molecular flexibility index (Phi) is 12.2. The summed E-state index contributed by atoms with van der Waals surface area (Å²) in [6.07, 6.45) is -11.4. The van der Waals surface area contributed by atoms with E-state index in [9.17, 15) is 45.3 Å². The van der Waals surface area contributed by atoms with Crippen molar-refractivity contribution in [2.24, 2.45) is 11.8 Å². The molecule has 8 atom stereocenters. The average molecular weight is 497 g/mol. The molecular weight excluding hydrogens is 460 g/mol. The molecule has 13 heteroatoms. The molecule has 2 heterocycles. The fourth-order valence-corrected chi connectivity index (χ4v) is 2.85.